The molecule has 3 amide bonds. The molecule has 0 aromatic rings. The van der Waals surface area contributed by atoms with Gasteiger partial charge in [-0.3, -0.25) is 32.8 Å². The van der Waals surface area contributed by atoms with Gasteiger partial charge in [-0.15, -0.1) is 0 Å². The van der Waals surface area contributed by atoms with Gasteiger partial charge in [-0.05, 0) is 318 Å². The summed E-state index contributed by atoms with van der Waals surface area (Å²) in [5.74, 6) is 6.72. The first-order chi connectivity index (χ1) is 51.6. The van der Waals surface area contributed by atoms with Gasteiger partial charge in [0.15, 0.2) is 0 Å². The number of Topliss-reactive ketones (excluding diaryl/α,β-unsaturated/α-hetero) is 1. The van der Waals surface area contributed by atoms with Crippen molar-refractivity contribution in [2.45, 2.75) is 304 Å². The Morgan fingerprint density at radius 1 is 0.482 bits per heavy atom. The lowest BCUT2D eigenvalue weighted by Crippen LogP contribution is -2.59. The van der Waals surface area contributed by atoms with Crippen LogP contribution in [0.4, 0.5) is 0 Å². The molecular weight excluding hydrogens is 1470 g/mol. The normalized spacial score (nSPS) is 42.9. The van der Waals surface area contributed by atoms with E-state index < -0.39 is 47.6 Å². The highest BCUT2D eigenvalue weighted by Gasteiger charge is 2.67. The zero-order chi connectivity index (χ0) is 79.9. The van der Waals surface area contributed by atoms with E-state index in [1.54, 1.807) is 0 Å². The largest absolute Gasteiger partial charge is 0.393 e. The van der Waals surface area contributed by atoms with Crippen LogP contribution >= 0.6 is 0 Å². The molecule has 1 aliphatic heterocycles. The number of hydrogen-bond donors (Lipinski definition) is 9. The van der Waals surface area contributed by atoms with E-state index in [1.165, 1.54) is 25.7 Å². The minimum atomic E-state index is -4.08. The molecule has 12 saturated carbocycles. The summed E-state index contributed by atoms with van der Waals surface area (Å²) in [5, 5.41) is 43.4. The molecule has 12 aliphatic carbocycles. The SMILES string of the molecule is C[C@H](CCC(=O)NCCS(=O)(=O)O)[C@H]1CC[C@H]2[C@@H]3C(=O)CC4C[C@H](O)CC[C@]4(C)[C@H]3CC[C@]12C.C[C@H](CCC(=O)NCCS(=O)(=O)O)[C@H]1CC[C@H]2[C@@H]3[C@@H](N=[N+]=[N-])CC4C[C@H](O)CC[C@]4(C)[C@H]3CC[C@]12C.C[C@H](CCC(=O)NCCS(=O)(=O)O)[C@H]1CC[C@H]2[C@@H]3[C@@H](OC4CCOCC4)CC4C[C@H](O)CC[C@]4(C)[C@H]3CC[C@]12C. The second-order valence-electron chi connectivity index (χ2n) is 39.8. The number of nitrogens with one attached hydrogen (secondary N) is 3. The highest BCUT2D eigenvalue weighted by molar-refractivity contribution is 7.86. The third-order valence-electron chi connectivity index (χ3n) is 34.3. The van der Waals surface area contributed by atoms with E-state index in [0.717, 1.165) is 167 Å². The Hall–Kier alpha value is -3.08. The quantitative estimate of drug-likeness (QED) is 0.0188. The Morgan fingerprint density at radius 2 is 0.827 bits per heavy atom. The summed E-state index contributed by atoms with van der Waals surface area (Å²) in [6.45, 7) is 22.8. The van der Waals surface area contributed by atoms with Crippen LogP contribution in [0.5, 0.6) is 0 Å². The molecule has 1 saturated heterocycles. The molecule has 0 aromatic heterocycles. The van der Waals surface area contributed by atoms with Crippen molar-refractivity contribution in [1.82, 2.24) is 16.0 Å². The van der Waals surface area contributed by atoms with Crippen LogP contribution in [0, 0.1) is 139 Å². The monoisotopic (exact) mass is 1600 g/mol. The molecule has 0 spiro atoms. The molecule has 3 unspecified atom stereocenters. The number of ketones is 1. The molecule has 13 rings (SSSR count). The summed E-state index contributed by atoms with van der Waals surface area (Å²) in [5.41, 5.74) is 10.6. The third-order valence-corrected chi connectivity index (χ3v) is 36.4. The second-order valence-corrected chi connectivity index (χ2v) is 44.5. The lowest BCUT2D eigenvalue weighted by atomic mass is 9.43. The van der Waals surface area contributed by atoms with Crippen LogP contribution in [-0.2, 0) is 59.0 Å². The molecular formula is C83H140N6O18S3. The Labute approximate surface area is 658 Å². The number of fused-ring (bicyclic) bond motifs is 15. The summed E-state index contributed by atoms with van der Waals surface area (Å²) in [4.78, 5) is 53.6. The molecule has 0 aromatic carbocycles. The van der Waals surface area contributed by atoms with Crippen LogP contribution in [0.15, 0.2) is 5.11 Å². The Morgan fingerprint density at radius 3 is 1.25 bits per heavy atom. The number of amides is 3. The molecule has 13 aliphatic rings. The average molecular weight is 1610 g/mol. The number of carbonyl (C=O) groups is 4. The maximum atomic E-state index is 13.5. The van der Waals surface area contributed by atoms with Gasteiger partial charge in [0.05, 0.1) is 47.8 Å². The number of ether oxygens (including phenoxy) is 2. The van der Waals surface area contributed by atoms with Crippen molar-refractivity contribution in [3.63, 3.8) is 0 Å². The van der Waals surface area contributed by atoms with Crippen LogP contribution in [0.25, 0.3) is 10.4 Å². The van der Waals surface area contributed by atoms with Crippen molar-refractivity contribution in [2.24, 2.45) is 144 Å². The van der Waals surface area contributed by atoms with E-state index in [1.807, 2.05) is 0 Å². The Balaban J connectivity index is 0.000000164. The Kier molecular flexibility index (Phi) is 28.1. The van der Waals surface area contributed by atoms with Gasteiger partial charge >= 0.3 is 0 Å². The zero-order valence-electron chi connectivity index (χ0n) is 67.8. The van der Waals surface area contributed by atoms with E-state index in [0.29, 0.717) is 132 Å². The van der Waals surface area contributed by atoms with Gasteiger partial charge in [0.1, 0.15) is 5.78 Å². The first-order valence-corrected chi connectivity index (χ1v) is 48.0. The standard InChI is InChI=1S/C31H53NO7S.C26H44N4O5S.C26H43NO6S/c1-20(4-7-28(34)32-14-17-40(35,36)37)24-5-6-25-29-26(9-13-31(24,25)3)30(2)12-8-22(33)18-21(30)19-27(29)39-23-10-15-38-16-11-23;1-16(4-7-23(32)28-12-13-36(33,34)35)19-5-6-20-24-21(9-11-26(19,20)3)25(2)10-8-18(31)14-17(25)15-22(24)29-30-27;1-16(4-7-23(30)27-12-13-34(31,32)33)19-5-6-20-24-21(9-11-26(19,20)3)25(2)10-8-18(28)14-17(25)15-22(24)29/h20-27,29,33H,4-19H2,1-3H3,(H,32,34)(H,35,36,37);16-22,24,31H,4-15H2,1-3H3,(H,28,32)(H,33,34,35);16-21,24,28H,4-15H2,1-3H3,(H,27,30)(H,31,32,33)/t20-,21?,22-,24-,25+,26+,27+,29+,30+,31-;16-,17?,18-,19-,20+,21+,22+,24+,25+,26-;16-,17?,18-,19-,20+,21+,24+,25+,26-/m111/s1. The highest BCUT2D eigenvalue weighted by atomic mass is 32.2. The molecule has 9 N–H and O–H groups in total. The molecule has 24 nitrogen and oxygen atoms in total. The van der Waals surface area contributed by atoms with E-state index in [9.17, 15) is 65.3 Å². The molecule has 628 valence electrons. The third kappa shape index (κ3) is 19.2. The van der Waals surface area contributed by atoms with Crippen molar-refractivity contribution in [2.75, 3.05) is 50.1 Å². The number of carbonyl (C=O) groups excluding carboxylic acids is 4. The number of aliphatic hydroxyl groups excluding tert-OH is 3. The number of hydrogen-bond acceptors (Lipinski definition) is 16. The maximum Gasteiger partial charge on any atom is 0.266 e. The molecule has 29 atom stereocenters. The second kappa shape index (κ2) is 35.2. The van der Waals surface area contributed by atoms with Gasteiger partial charge in [0.2, 0.25) is 17.7 Å². The van der Waals surface area contributed by atoms with Crippen molar-refractivity contribution in [3.05, 3.63) is 10.4 Å². The topological polar surface area (TPSA) is 395 Å². The number of nitrogens with zero attached hydrogens (tertiary/aromatic N) is 3. The van der Waals surface area contributed by atoms with Gasteiger partial charge in [0.25, 0.3) is 30.4 Å². The van der Waals surface area contributed by atoms with E-state index >= 15 is 0 Å². The maximum absolute atomic E-state index is 13.5. The van der Waals surface area contributed by atoms with Crippen LogP contribution in [0.3, 0.4) is 0 Å². The van der Waals surface area contributed by atoms with Crippen LogP contribution in [0.1, 0.15) is 268 Å². The van der Waals surface area contributed by atoms with Gasteiger partial charge in [-0.25, -0.2) is 0 Å². The van der Waals surface area contributed by atoms with Gasteiger partial charge in [0, 0.05) is 75.4 Å². The number of aliphatic hydroxyl groups is 3. The van der Waals surface area contributed by atoms with Crippen molar-refractivity contribution >= 4 is 53.9 Å². The molecule has 1 heterocycles. The molecule has 0 bridgehead atoms. The van der Waals surface area contributed by atoms with Gasteiger partial charge in [-0.1, -0.05) is 67.4 Å². The van der Waals surface area contributed by atoms with Crippen LogP contribution in [0.2, 0.25) is 0 Å². The van der Waals surface area contributed by atoms with Crippen molar-refractivity contribution in [1.29, 1.82) is 0 Å². The summed E-state index contributed by atoms with van der Waals surface area (Å²) >= 11 is 0. The lowest BCUT2D eigenvalue weighted by molar-refractivity contribution is -0.206. The minimum absolute atomic E-state index is 0.00404. The summed E-state index contributed by atoms with van der Waals surface area (Å²) in [7, 11) is -12.2. The van der Waals surface area contributed by atoms with Gasteiger partial charge in [-0.2, -0.15) is 25.3 Å². The Bertz CT molecular complexity index is 3620. The van der Waals surface area contributed by atoms with E-state index in [2.05, 4.69) is 88.3 Å². The minimum Gasteiger partial charge on any atom is -0.393 e. The van der Waals surface area contributed by atoms with E-state index in [-0.39, 0.29) is 112 Å². The van der Waals surface area contributed by atoms with Gasteiger partial charge < -0.3 is 40.7 Å². The number of azide groups is 1. The fourth-order valence-corrected chi connectivity index (χ4v) is 29.6. The molecule has 27 heteroatoms. The highest BCUT2D eigenvalue weighted by Crippen LogP contribution is 2.72. The van der Waals surface area contributed by atoms with E-state index in [4.69, 9.17) is 23.1 Å². The summed E-state index contributed by atoms with van der Waals surface area (Å²) in [6, 6.07) is -0.00404. The predicted octanol–water partition coefficient (Wildman–Crippen LogP) is 12.9. The fourth-order valence-electron chi connectivity index (χ4n) is 28.5. The zero-order valence-corrected chi connectivity index (χ0v) is 70.2. The first-order valence-electron chi connectivity index (χ1n) is 43.1. The molecule has 13 fully saturated rings. The molecule has 0 radical (unpaired) electrons. The summed E-state index contributed by atoms with van der Waals surface area (Å²) in [6.07, 6.45) is 30.0. The fraction of sp³-hybridized carbons (Fsp3) is 0.952. The summed E-state index contributed by atoms with van der Waals surface area (Å²) < 4.78 is 105. The first kappa shape index (κ1) is 87.7. The smallest absolute Gasteiger partial charge is 0.266 e. The van der Waals surface area contributed by atoms with Crippen molar-refractivity contribution < 1.29 is 82.9 Å². The predicted molar refractivity (Wildman–Crippen MR) is 420 cm³/mol. The van der Waals surface area contributed by atoms with Crippen LogP contribution in [-0.4, -0.2) is 164 Å². The number of rotatable bonds is 24. The van der Waals surface area contributed by atoms with Crippen molar-refractivity contribution in [3.8, 4) is 0 Å². The van der Waals surface area contributed by atoms with Crippen LogP contribution < -0.4 is 16.0 Å². The lowest BCUT2D eigenvalue weighted by Gasteiger charge is -2.63. The molecule has 110 heavy (non-hydrogen) atoms. The average Bonchev–Trinajstić information content (AvgIpc) is 1.39.